The summed E-state index contributed by atoms with van der Waals surface area (Å²) in [6, 6.07) is 1.60. The van der Waals surface area contributed by atoms with Crippen molar-refractivity contribution < 1.29 is 14.7 Å². The highest BCUT2D eigenvalue weighted by Gasteiger charge is 2.32. The van der Waals surface area contributed by atoms with Gasteiger partial charge in [0.15, 0.2) is 0 Å². The van der Waals surface area contributed by atoms with Gasteiger partial charge in [0, 0.05) is 36.2 Å². The number of carbonyl (C=O) groups excluding carboxylic acids is 1. The lowest BCUT2D eigenvalue weighted by molar-refractivity contribution is -0.131. The zero-order valence-electron chi connectivity index (χ0n) is 12.2. The second kappa shape index (κ2) is 5.92. The van der Waals surface area contributed by atoms with Crippen LogP contribution in [0.4, 0.5) is 0 Å². The van der Waals surface area contributed by atoms with E-state index >= 15 is 0 Å². The molecule has 0 saturated carbocycles. The van der Waals surface area contributed by atoms with E-state index in [1.54, 1.807) is 17.6 Å². The van der Waals surface area contributed by atoms with Gasteiger partial charge in [-0.2, -0.15) is 0 Å². The van der Waals surface area contributed by atoms with Crippen LogP contribution in [0.15, 0.2) is 23.8 Å². The van der Waals surface area contributed by atoms with Crippen LogP contribution in [0, 0.1) is 0 Å². The fourth-order valence-electron chi connectivity index (χ4n) is 2.87. The molecule has 3 rings (SSSR count). The molecule has 2 aromatic heterocycles. The summed E-state index contributed by atoms with van der Waals surface area (Å²) in [7, 11) is 1.93. The molecule has 3 heterocycles. The summed E-state index contributed by atoms with van der Waals surface area (Å²) in [6.45, 7) is 0.730. The van der Waals surface area contributed by atoms with Crippen LogP contribution in [0.5, 0.6) is 0 Å². The van der Waals surface area contributed by atoms with Crippen LogP contribution >= 0.6 is 11.3 Å². The van der Waals surface area contributed by atoms with Crippen molar-refractivity contribution in [1.82, 2.24) is 14.5 Å². The number of imidazole rings is 1. The largest absolute Gasteiger partial charge is 0.478 e. The van der Waals surface area contributed by atoms with Gasteiger partial charge >= 0.3 is 5.97 Å². The number of aryl methyl sites for hydroxylation is 1. The van der Waals surface area contributed by atoms with Crippen LogP contribution in [0.25, 0.3) is 0 Å². The first-order chi connectivity index (χ1) is 10.6. The number of likely N-dealkylation sites (tertiary alicyclic amines) is 1. The average Bonchev–Trinajstić information content (AvgIpc) is 3.17. The maximum atomic E-state index is 12.6. The zero-order chi connectivity index (χ0) is 15.7. The van der Waals surface area contributed by atoms with Crippen molar-refractivity contribution in [3.8, 4) is 0 Å². The van der Waals surface area contributed by atoms with Crippen LogP contribution in [0.1, 0.15) is 39.9 Å². The molecule has 7 heteroatoms. The lowest BCUT2D eigenvalue weighted by atomic mass is 10.2. The molecule has 1 atom stereocenters. The van der Waals surface area contributed by atoms with Crippen LogP contribution in [0.3, 0.4) is 0 Å². The zero-order valence-corrected chi connectivity index (χ0v) is 13.0. The molecule has 1 unspecified atom stereocenters. The summed E-state index contributed by atoms with van der Waals surface area (Å²) in [5.74, 6) is -0.0189. The molecule has 0 bridgehead atoms. The molecule has 1 aliphatic rings. The Balaban J connectivity index is 1.73. The van der Waals surface area contributed by atoms with Gasteiger partial charge in [0.25, 0.3) is 0 Å². The molecule has 2 aromatic rings. The van der Waals surface area contributed by atoms with Gasteiger partial charge in [-0.1, -0.05) is 0 Å². The lowest BCUT2D eigenvalue weighted by Crippen LogP contribution is -2.32. The number of hydrogen-bond acceptors (Lipinski definition) is 4. The minimum absolute atomic E-state index is 0.0198. The van der Waals surface area contributed by atoms with Crippen LogP contribution < -0.4 is 0 Å². The number of hydrogen-bond donors (Lipinski definition) is 1. The van der Waals surface area contributed by atoms with E-state index in [2.05, 4.69) is 4.98 Å². The molecule has 1 fully saturated rings. The van der Waals surface area contributed by atoms with E-state index < -0.39 is 5.97 Å². The van der Waals surface area contributed by atoms with Crippen LogP contribution in [-0.4, -0.2) is 38.0 Å². The quantitative estimate of drug-likeness (QED) is 0.936. The Labute approximate surface area is 132 Å². The normalized spacial score (nSPS) is 17.9. The smallest absolute Gasteiger partial charge is 0.336 e. The third-order valence-corrected chi connectivity index (χ3v) is 4.89. The summed E-state index contributed by atoms with van der Waals surface area (Å²) in [6.07, 6.45) is 5.76. The number of carboxylic acid groups (broad SMARTS) is 1. The van der Waals surface area contributed by atoms with Crippen molar-refractivity contribution in [3.05, 3.63) is 40.1 Å². The Morgan fingerprint density at radius 1 is 1.50 bits per heavy atom. The van der Waals surface area contributed by atoms with Gasteiger partial charge in [-0.05, 0) is 18.9 Å². The van der Waals surface area contributed by atoms with Gasteiger partial charge in [-0.3, -0.25) is 4.79 Å². The number of thiophene rings is 1. The molecular formula is C15H17N3O3S. The monoisotopic (exact) mass is 319 g/mol. The number of rotatable bonds is 4. The maximum Gasteiger partial charge on any atom is 0.336 e. The SMILES string of the molecule is Cn1ccnc1C1CCCN1C(=O)Cc1cc(C(=O)O)cs1. The fraction of sp³-hybridized carbons (Fsp3) is 0.400. The second-order valence-electron chi connectivity index (χ2n) is 5.43. The number of carboxylic acids is 1. The number of aromatic carboxylic acids is 1. The van der Waals surface area contributed by atoms with Crippen molar-refractivity contribution in [3.63, 3.8) is 0 Å². The van der Waals surface area contributed by atoms with E-state index in [0.717, 1.165) is 30.1 Å². The molecule has 116 valence electrons. The first kappa shape index (κ1) is 14.8. The fourth-order valence-corrected chi connectivity index (χ4v) is 3.72. The number of nitrogens with zero attached hydrogens (tertiary/aromatic N) is 3. The Morgan fingerprint density at radius 3 is 2.95 bits per heavy atom. The topological polar surface area (TPSA) is 75.4 Å². The Bertz CT molecular complexity index is 706. The lowest BCUT2D eigenvalue weighted by Gasteiger charge is -2.24. The van der Waals surface area contributed by atoms with Gasteiger partial charge in [-0.15, -0.1) is 11.3 Å². The van der Waals surface area contributed by atoms with Gasteiger partial charge in [0.2, 0.25) is 5.91 Å². The average molecular weight is 319 g/mol. The summed E-state index contributed by atoms with van der Waals surface area (Å²) in [5.41, 5.74) is 0.245. The van der Waals surface area contributed by atoms with Crippen molar-refractivity contribution in [2.45, 2.75) is 25.3 Å². The van der Waals surface area contributed by atoms with Crippen molar-refractivity contribution in [2.24, 2.45) is 7.05 Å². The molecular weight excluding hydrogens is 302 g/mol. The first-order valence-electron chi connectivity index (χ1n) is 7.13. The van der Waals surface area contributed by atoms with Gasteiger partial charge in [0.05, 0.1) is 18.0 Å². The van der Waals surface area contributed by atoms with Gasteiger partial charge in [-0.25, -0.2) is 9.78 Å². The highest BCUT2D eigenvalue weighted by Crippen LogP contribution is 2.31. The molecule has 1 aliphatic heterocycles. The van der Waals surface area contributed by atoms with E-state index in [1.807, 2.05) is 22.7 Å². The highest BCUT2D eigenvalue weighted by molar-refractivity contribution is 7.10. The Kier molecular flexibility index (Phi) is 3.98. The molecule has 0 spiro atoms. The van der Waals surface area contributed by atoms with Crippen molar-refractivity contribution >= 4 is 23.2 Å². The van der Waals surface area contributed by atoms with E-state index in [1.165, 1.54) is 11.3 Å². The predicted molar refractivity (Wildman–Crippen MR) is 81.9 cm³/mol. The molecule has 1 saturated heterocycles. The summed E-state index contributed by atoms with van der Waals surface area (Å²) < 4.78 is 1.95. The second-order valence-corrected chi connectivity index (χ2v) is 6.42. The Hall–Kier alpha value is -2.15. The van der Waals surface area contributed by atoms with E-state index in [9.17, 15) is 9.59 Å². The summed E-state index contributed by atoms with van der Waals surface area (Å²) >= 11 is 1.32. The number of aromatic nitrogens is 2. The maximum absolute atomic E-state index is 12.6. The minimum Gasteiger partial charge on any atom is -0.478 e. The van der Waals surface area contributed by atoms with Gasteiger partial charge in [0.1, 0.15) is 5.82 Å². The highest BCUT2D eigenvalue weighted by atomic mass is 32.1. The summed E-state index contributed by atoms with van der Waals surface area (Å²) in [4.78, 5) is 30.5. The van der Waals surface area contributed by atoms with E-state index in [4.69, 9.17) is 5.11 Å². The van der Waals surface area contributed by atoms with Crippen molar-refractivity contribution in [1.29, 1.82) is 0 Å². The molecule has 6 nitrogen and oxygen atoms in total. The van der Waals surface area contributed by atoms with Crippen LogP contribution in [0.2, 0.25) is 0 Å². The molecule has 1 amide bonds. The molecule has 22 heavy (non-hydrogen) atoms. The first-order valence-corrected chi connectivity index (χ1v) is 8.01. The van der Waals surface area contributed by atoms with E-state index in [-0.39, 0.29) is 23.9 Å². The van der Waals surface area contributed by atoms with Crippen molar-refractivity contribution in [2.75, 3.05) is 6.54 Å². The molecule has 0 radical (unpaired) electrons. The third-order valence-electron chi connectivity index (χ3n) is 3.96. The molecule has 1 N–H and O–H groups in total. The standard InChI is InChI=1S/C15H17N3O3S/c1-17-6-4-16-14(17)12-3-2-5-18(12)13(19)8-11-7-10(9-22-11)15(20)21/h4,6-7,9,12H,2-3,5,8H2,1H3,(H,20,21). The minimum atomic E-state index is -0.956. The number of carbonyl (C=O) groups is 2. The number of amides is 1. The predicted octanol–water partition coefficient (Wildman–Crippen LogP) is 2.09. The molecule has 0 aliphatic carbocycles. The molecule has 0 aromatic carbocycles. The summed E-state index contributed by atoms with van der Waals surface area (Å²) in [5, 5.41) is 10.5. The van der Waals surface area contributed by atoms with E-state index in [0.29, 0.717) is 0 Å². The van der Waals surface area contributed by atoms with Crippen LogP contribution in [-0.2, 0) is 18.3 Å². The third kappa shape index (κ3) is 2.76. The Morgan fingerprint density at radius 2 is 2.32 bits per heavy atom. The van der Waals surface area contributed by atoms with Gasteiger partial charge < -0.3 is 14.6 Å².